The van der Waals surface area contributed by atoms with Gasteiger partial charge < -0.3 is 10.2 Å². The Hall–Kier alpha value is -0.830. The maximum atomic E-state index is 11.0. The van der Waals surface area contributed by atoms with Crippen molar-refractivity contribution in [3.8, 4) is 0 Å². The molecule has 0 aromatic carbocycles. The molecule has 17 heavy (non-hydrogen) atoms. The van der Waals surface area contributed by atoms with Gasteiger partial charge in [-0.05, 0) is 62.7 Å². The van der Waals surface area contributed by atoms with Gasteiger partial charge in [-0.2, -0.15) is 0 Å². The molecule has 0 radical (unpaired) electrons. The van der Waals surface area contributed by atoms with Crippen LogP contribution in [-0.4, -0.2) is 21.8 Å². The van der Waals surface area contributed by atoms with E-state index in [9.17, 15) is 9.90 Å². The van der Waals surface area contributed by atoms with Gasteiger partial charge in [0.2, 0.25) is 0 Å². The van der Waals surface area contributed by atoms with Crippen LogP contribution in [0.4, 0.5) is 0 Å². The van der Waals surface area contributed by atoms with E-state index in [1.165, 1.54) is 6.42 Å². The molecule has 0 aromatic rings. The van der Waals surface area contributed by atoms with Crippen molar-refractivity contribution in [2.75, 3.05) is 0 Å². The van der Waals surface area contributed by atoms with Crippen LogP contribution in [0.15, 0.2) is 11.6 Å². The molecule has 4 aliphatic carbocycles. The predicted octanol–water partition coefficient (Wildman–Crippen LogP) is 2.35. The molecule has 2 atom stereocenters. The summed E-state index contributed by atoms with van der Waals surface area (Å²) in [5, 5.41) is 19.6. The molecule has 3 heteroatoms. The van der Waals surface area contributed by atoms with Gasteiger partial charge in [0.15, 0.2) is 0 Å². The van der Waals surface area contributed by atoms with Gasteiger partial charge in [-0.1, -0.05) is 6.08 Å². The van der Waals surface area contributed by atoms with Crippen LogP contribution in [0.3, 0.4) is 0 Å². The van der Waals surface area contributed by atoms with Crippen molar-refractivity contribution in [2.24, 2.45) is 17.3 Å². The number of hydrogen-bond donors (Lipinski definition) is 2. The maximum Gasteiger partial charge on any atom is 0.330 e. The fourth-order valence-corrected chi connectivity index (χ4v) is 4.97. The van der Waals surface area contributed by atoms with Crippen LogP contribution in [0.5, 0.6) is 0 Å². The Kier molecular flexibility index (Phi) is 2.22. The summed E-state index contributed by atoms with van der Waals surface area (Å²) in [7, 11) is 0. The second-order valence-corrected chi connectivity index (χ2v) is 6.68. The number of carbonyl (C=O) groups is 1. The zero-order chi connectivity index (χ0) is 12.3. The van der Waals surface area contributed by atoms with Crippen molar-refractivity contribution in [3.05, 3.63) is 11.6 Å². The van der Waals surface area contributed by atoms with Crippen molar-refractivity contribution in [1.82, 2.24) is 0 Å². The molecule has 4 saturated carbocycles. The Morgan fingerprint density at radius 1 is 1.24 bits per heavy atom. The highest BCUT2D eigenvalue weighted by atomic mass is 16.4. The van der Waals surface area contributed by atoms with E-state index in [-0.39, 0.29) is 5.41 Å². The third kappa shape index (κ3) is 1.81. The molecule has 3 nitrogen and oxygen atoms in total. The van der Waals surface area contributed by atoms with E-state index >= 15 is 0 Å². The number of hydrogen-bond acceptors (Lipinski definition) is 2. The molecule has 2 N–H and O–H groups in total. The largest absolute Gasteiger partial charge is 0.478 e. The number of rotatable bonds is 2. The smallest absolute Gasteiger partial charge is 0.330 e. The summed E-state index contributed by atoms with van der Waals surface area (Å²) in [4.78, 5) is 11.0. The molecule has 0 aliphatic heterocycles. The number of aliphatic carboxylic acids is 1. The van der Waals surface area contributed by atoms with E-state index in [2.05, 4.69) is 0 Å². The molecule has 4 bridgehead atoms. The third-order valence-corrected chi connectivity index (χ3v) is 4.94. The first-order valence-corrected chi connectivity index (χ1v) is 6.55. The van der Waals surface area contributed by atoms with Gasteiger partial charge in [0.25, 0.3) is 0 Å². The molecule has 4 rings (SSSR count). The lowest BCUT2D eigenvalue weighted by Gasteiger charge is -2.59. The first kappa shape index (κ1) is 11.3. The summed E-state index contributed by atoms with van der Waals surface area (Å²) < 4.78 is 0. The quantitative estimate of drug-likeness (QED) is 0.723. The van der Waals surface area contributed by atoms with E-state index in [4.69, 9.17) is 5.11 Å². The highest BCUT2D eigenvalue weighted by molar-refractivity contribution is 5.85. The van der Waals surface area contributed by atoms with Gasteiger partial charge >= 0.3 is 5.97 Å². The molecule has 2 unspecified atom stereocenters. The van der Waals surface area contributed by atoms with Crippen LogP contribution in [0, 0.1) is 17.3 Å². The van der Waals surface area contributed by atoms with Crippen LogP contribution in [0.2, 0.25) is 0 Å². The Balaban J connectivity index is 1.93. The van der Waals surface area contributed by atoms with Crippen molar-refractivity contribution < 1.29 is 15.0 Å². The molecule has 94 valence electrons. The number of aliphatic hydroxyl groups is 1. The predicted molar refractivity (Wildman–Crippen MR) is 63.5 cm³/mol. The summed E-state index contributed by atoms with van der Waals surface area (Å²) in [6.45, 7) is 1.67. The lowest BCUT2D eigenvalue weighted by Crippen LogP contribution is -2.55. The summed E-state index contributed by atoms with van der Waals surface area (Å²) in [6, 6.07) is 0. The van der Waals surface area contributed by atoms with Gasteiger partial charge in [0, 0.05) is 5.57 Å². The van der Waals surface area contributed by atoms with Gasteiger partial charge in [-0.15, -0.1) is 0 Å². The highest BCUT2D eigenvalue weighted by Gasteiger charge is 2.56. The molecule has 0 saturated heterocycles. The Morgan fingerprint density at radius 2 is 1.82 bits per heavy atom. The van der Waals surface area contributed by atoms with Gasteiger partial charge in [-0.25, -0.2) is 4.79 Å². The normalized spacial score (nSPS) is 48.5. The van der Waals surface area contributed by atoms with Crippen LogP contribution in [0.1, 0.15) is 45.4 Å². The first-order chi connectivity index (χ1) is 7.90. The van der Waals surface area contributed by atoms with Crippen molar-refractivity contribution in [3.63, 3.8) is 0 Å². The van der Waals surface area contributed by atoms with Crippen LogP contribution in [-0.2, 0) is 4.79 Å². The molecule has 4 aliphatic rings. The Morgan fingerprint density at radius 3 is 2.29 bits per heavy atom. The zero-order valence-electron chi connectivity index (χ0n) is 10.3. The minimum Gasteiger partial charge on any atom is -0.478 e. The lowest BCUT2D eigenvalue weighted by atomic mass is 9.48. The molecule has 0 amide bonds. The number of carboxylic acids is 1. The average molecular weight is 236 g/mol. The average Bonchev–Trinajstić information content (AvgIpc) is 2.11. The van der Waals surface area contributed by atoms with Gasteiger partial charge in [0.1, 0.15) is 0 Å². The Labute approximate surface area is 102 Å². The number of carboxylic acid groups (broad SMARTS) is 1. The Bertz CT molecular complexity index is 382. The van der Waals surface area contributed by atoms with Gasteiger partial charge in [-0.3, -0.25) is 0 Å². The summed E-state index contributed by atoms with van der Waals surface area (Å²) in [5.41, 5.74) is -0.0868. The first-order valence-electron chi connectivity index (χ1n) is 6.55. The minimum absolute atomic E-state index is 0.0265. The van der Waals surface area contributed by atoms with Crippen LogP contribution < -0.4 is 0 Å². The second-order valence-electron chi connectivity index (χ2n) is 6.68. The molecule has 4 fully saturated rings. The summed E-state index contributed by atoms with van der Waals surface area (Å²) >= 11 is 0. The van der Waals surface area contributed by atoms with E-state index in [0.717, 1.165) is 32.1 Å². The van der Waals surface area contributed by atoms with E-state index in [1.807, 2.05) is 6.08 Å². The van der Waals surface area contributed by atoms with Crippen LogP contribution in [0.25, 0.3) is 0 Å². The fourth-order valence-electron chi connectivity index (χ4n) is 4.97. The van der Waals surface area contributed by atoms with E-state index in [0.29, 0.717) is 17.4 Å². The standard InChI is InChI=1S/C14H20O3/c1-9(12(15)16)3-13-4-10-2-11(5-13)7-14(17,6-10)8-13/h3,10-11,17H,2,4-8H2,1H3,(H,15,16)/b9-3+. The third-order valence-electron chi connectivity index (χ3n) is 4.94. The second kappa shape index (κ2) is 3.35. The highest BCUT2D eigenvalue weighted by Crippen LogP contribution is 2.62. The number of allylic oxidation sites excluding steroid dienone is 1. The van der Waals surface area contributed by atoms with E-state index in [1.54, 1.807) is 6.92 Å². The van der Waals surface area contributed by atoms with Gasteiger partial charge in [0.05, 0.1) is 5.60 Å². The molecular weight excluding hydrogens is 216 g/mol. The van der Waals surface area contributed by atoms with Crippen molar-refractivity contribution >= 4 is 5.97 Å². The van der Waals surface area contributed by atoms with Crippen LogP contribution >= 0.6 is 0 Å². The molecule has 0 heterocycles. The fraction of sp³-hybridized carbons (Fsp3) is 0.786. The zero-order valence-corrected chi connectivity index (χ0v) is 10.3. The topological polar surface area (TPSA) is 57.5 Å². The summed E-state index contributed by atoms with van der Waals surface area (Å²) in [5.74, 6) is 0.394. The summed E-state index contributed by atoms with van der Waals surface area (Å²) in [6.07, 6.45) is 7.99. The molecular formula is C14H20O3. The van der Waals surface area contributed by atoms with E-state index < -0.39 is 11.6 Å². The lowest BCUT2D eigenvalue weighted by molar-refractivity contribution is -0.149. The van der Waals surface area contributed by atoms with Crippen molar-refractivity contribution in [1.29, 1.82) is 0 Å². The monoisotopic (exact) mass is 236 g/mol. The molecule has 0 aromatic heterocycles. The maximum absolute atomic E-state index is 11.0. The van der Waals surface area contributed by atoms with Crippen molar-refractivity contribution in [2.45, 2.75) is 51.0 Å². The SMILES string of the molecule is C/C(=C\C12CC3CC(CC(O)(C3)C1)C2)C(=O)O. The minimum atomic E-state index is -0.826. The molecule has 0 spiro atoms.